The molecule has 1 amide bonds. The van der Waals surface area contributed by atoms with Crippen molar-refractivity contribution in [2.24, 2.45) is 5.16 Å². The van der Waals surface area contributed by atoms with Gasteiger partial charge in [0.1, 0.15) is 5.17 Å². The molecule has 78 valence electrons. The van der Waals surface area contributed by atoms with E-state index in [0.29, 0.717) is 0 Å². The van der Waals surface area contributed by atoms with E-state index < -0.39 is 12.1 Å². The molecular weight excluding hydrogens is 208 g/mol. The number of nitrogens with zero attached hydrogens (tertiary/aromatic N) is 2. The van der Waals surface area contributed by atoms with Crippen LogP contribution < -0.4 is 0 Å². The van der Waals surface area contributed by atoms with Crippen LogP contribution in [0, 0.1) is 12.3 Å². The molecule has 2 N–H and O–H groups in total. The van der Waals surface area contributed by atoms with Gasteiger partial charge in [0.2, 0.25) is 0 Å². The molecule has 0 aromatic rings. The Kier molecular flexibility index (Phi) is 5.49. The highest BCUT2D eigenvalue weighted by Gasteiger charge is 2.19. The molecule has 0 aliphatic heterocycles. The first-order valence-electron chi connectivity index (χ1n) is 3.82. The maximum atomic E-state index is 10.7. The molecule has 0 saturated carbocycles. The number of halogens is 1. The zero-order valence-corrected chi connectivity index (χ0v) is 8.40. The zero-order valence-electron chi connectivity index (χ0n) is 7.64. The molecule has 0 aliphatic rings. The summed E-state index contributed by atoms with van der Waals surface area (Å²) in [5.41, 5.74) is 0. The third-order valence-corrected chi connectivity index (χ3v) is 1.84. The first-order valence-corrected chi connectivity index (χ1v) is 4.20. The number of carbonyl (C=O) groups is 1. The minimum absolute atomic E-state index is 0.0217. The smallest absolute Gasteiger partial charge is 0.408 e. The Balaban J connectivity index is 4.38. The van der Waals surface area contributed by atoms with Crippen LogP contribution in [0.1, 0.15) is 13.3 Å². The largest absolute Gasteiger partial charge is 0.465 e. The standard InChI is InChI=1S/C8H11ClN2O3/c1-3-4-11(8(12)13)6(2)5-7(9)10-14/h1,6,14H,4-5H2,2H3,(H,12,13)/b10-7-/t6-/m0/s1. The highest BCUT2D eigenvalue weighted by molar-refractivity contribution is 6.65. The number of hydrogen-bond donors (Lipinski definition) is 2. The average Bonchev–Trinajstić information content (AvgIpc) is 2.13. The van der Waals surface area contributed by atoms with Crippen LogP contribution in [0.5, 0.6) is 0 Å². The van der Waals surface area contributed by atoms with Gasteiger partial charge < -0.3 is 10.3 Å². The summed E-state index contributed by atoms with van der Waals surface area (Å²) < 4.78 is 0. The fraction of sp³-hybridized carbons (Fsp3) is 0.500. The molecule has 0 aliphatic carbocycles. The predicted octanol–water partition coefficient (Wildman–Crippen LogP) is 1.40. The Hall–Kier alpha value is -1.41. The van der Waals surface area contributed by atoms with E-state index in [2.05, 4.69) is 11.1 Å². The molecule has 0 saturated heterocycles. The third kappa shape index (κ3) is 4.01. The van der Waals surface area contributed by atoms with Crippen molar-refractivity contribution in [2.75, 3.05) is 6.54 Å². The van der Waals surface area contributed by atoms with E-state index in [-0.39, 0.29) is 18.1 Å². The van der Waals surface area contributed by atoms with Crippen LogP contribution in [-0.2, 0) is 0 Å². The molecule has 0 rings (SSSR count). The molecule has 1 atom stereocenters. The van der Waals surface area contributed by atoms with Crippen molar-refractivity contribution < 1.29 is 15.1 Å². The summed E-state index contributed by atoms with van der Waals surface area (Å²) in [5, 5.41) is 19.7. The van der Waals surface area contributed by atoms with Gasteiger partial charge in [0.15, 0.2) is 0 Å². The first kappa shape index (κ1) is 12.6. The van der Waals surface area contributed by atoms with Gasteiger partial charge in [0, 0.05) is 12.5 Å². The molecule has 0 heterocycles. The van der Waals surface area contributed by atoms with Crippen LogP contribution in [0.15, 0.2) is 5.16 Å². The van der Waals surface area contributed by atoms with Gasteiger partial charge in [-0.05, 0) is 6.92 Å². The van der Waals surface area contributed by atoms with Gasteiger partial charge in [0.05, 0.1) is 6.54 Å². The van der Waals surface area contributed by atoms with E-state index in [1.54, 1.807) is 6.92 Å². The maximum absolute atomic E-state index is 10.7. The lowest BCUT2D eigenvalue weighted by molar-refractivity contribution is 0.137. The number of oxime groups is 1. The molecule has 0 aromatic carbocycles. The van der Waals surface area contributed by atoms with Crippen LogP contribution in [-0.4, -0.2) is 39.1 Å². The van der Waals surface area contributed by atoms with Crippen LogP contribution in [0.2, 0.25) is 0 Å². The molecule has 0 bridgehead atoms. The molecule has 0 unspecified atom stereocenters. The fourth-order valence-electron chi connectivity index (χ4n) is 0.905. The summed E-state index contributed by atoms with van der Waals surface area (Å²) in [6.45, 7) is 1.60. The summed E-state index contributed by atoms with van der Waals surface area (Å²) in [4.78, 5) is 11.7. The molecule has 6 heteroatoms. The van der Waals surface area contributed by atoms with Crippen LogP contribution >= 0.6 is 11.6 Å². The van der Waals surface area contributed by atoms with E-state index in [4.69, 9.17) is 28.3 Å². The number of amides is 1. The van der Waals surface area contributed by atoms with Crippen molar-refractivity contribution >= 4 is 22.9 Å². The van der Waals surface area contributed by atoms with Gasteiger partial charge in [-0.3, -0.25) is 4.90 Å². The Morgan fingerprint density at radius 2 is 2.36 bits per heavy atom. The molecule has 14 heavy (non-hydrogen) atoms. The highest BCUT2D eigenvalue weighted by Crippen LogP contribution is 2.07. The van der Waals surface area contributed by atoms with Gasteiger partial charge in [-0.2, -0.15) is 0 Å². The molecule has 0 radical (unpaired) electrons. The quantitative estimate of drug-likeness (QED) is 0.324. The van der Waals surface area contributed by atoms with Crippen LogP contribution in [0.25, 0.3) is 0 Å². The van der Waals surface area contributed by atoms with E-state index in [9.17, 15) is 4.79 Å². The van der Waals surface area contributed by atoms with Gasteiger partial charge >= 0.3 is 6.09 Å². The van der Waals surface area contributed by atoms with Gasteiger partial charge in [-0.25, -0.2) is 4.79 Å². The number of carboxylic acid groups (broad SMARTS) is 1. The normalized spacial score (nSPS) is 13.1. The second kappa shape index (κ2) is 6.11. The molecule has 0 fully saturated rings. The van der Waals surface area contributed by atoms with Gasteiger partial charge in [0.25, 0.3) is 0 Å². The summed E-state index contributed by atoms with van der Waals surface area (Å²) in [7, 11) is 0. The monoisotopic (exact) mass is 218 g/mol. The molecule has 0 spiro atoms. The van der Waals surface area contributed by atoms with Crippen molar-refractivity contribution in [2.45, 2.75) is 19.4 Å². The van der Waals surface area contributed by atoms with Crippen LogP contribution in [0.4, 0.5) is 4.79 Å². The minimum Gasteiger partial charge on any atom is -0.465 e. The number of terminal acetylenes is 1. The van der Waals surface area contributed by atoms with E-state index in [1.165, 1.54) is 0 Å². The Labute approximate surface area is 87.0 Å². The minimum atomic E-state index is -1.13. The summed E-state index contributed by atoms with van der Waals surface area (Å²) in [6.07, 6.45) is 4.00. The Bertz CT molecular complexity index is 272. The Morgan fingerprint density at radius 3 is 2.71 bits per heavy atom. The Morgan fingerprint density at radius 1 is 1.79 bits per heavy atom. The summed E-state index contributed by atoms with van der Waals surface area (Å²) in [6, 6.07) is -0.424. The summed E-state index contributed by atoms with van der Waals surface area (Å²) in [5.74, 6) is 2.22. The van der Waals surface area contributed by atoms with E-state index in [0.717, 1.165) is 4.90 Å². The molecular formula is C8H11ClN2O3. The van der Waals surface area contributed by atoms with Crippen molar-refractivity contribution in [3.05, 3.63) is 0 Å². The van der Waals surface area contributed by atoms with Crippen LogP contribution in [0.3, 0.4) is 0 Å². The topological polar surface area (TPSA) is 73.1 Å². The average molecular weight is 219 g/mol. The fourth-order valence-corrected chi connectivity index (χ4v) is 1.13. The summed E-state index contributed by atoms with van der Waals surface area (Å²) >= 11 is 5.44. The van der Waals surface area contributed by atoms with Gasteiger partial charge in [-0.1, -0.05) is 22.7 Å². The second-order valence-corrected chi connectivity index (χ2v) is 3.08. The highest BCUT2D eigenvalue weighted by atomic mass is 35.5. The van der Waals surface area contributed by atoms with E-state index >= 15 is 0 Å². The van der Waals surface area contributed by atoms with Crippen molar-refractivity contribution in [1.82, 2.24) is 4.90 Å². The number of hydrogen-bond acceptors (Lipinski definition) is 3. The van der Waals surface area contributed by atoms with Crippen molar-refractivity contribution in [3.63, 3.8) is 0 Å². The van der Waals surface area contributed by atoms with Crippen molar-refractivity contribution in [3.8, 4) is 12.3 Å². The maximum Gasteiger partial charge on any atom is 0.408 e. The molecule has 0 aromatic heterocycles. The lowest BCUT2D eigenvalue weighted by Crippen LogP contribution is -2.38. The molecule has 5 nitrogen and oxygen atoms in total. The predicted molar refractivity (Wildman–Crippen MR) is 52.7 cm³/mol. The lowest BCUT2D eigenvalue weighted by atomic mass is 10.2. The first-order chi connectivity index (χ1) is 6.52. The third-order valence-electron chi connectivity index (χ3n) is 1.61. The zero-order chi connectivity index (χ0) is 11.1. The van der Waals surface area contributed by atoms with Gasteiger partial charge in [-0.15, -0.1) is 6.42 Å². The SMILES string of the molecule is C#CCN(C(=O)O)[C@@H](C)C/C(Cl)=N/O. The van der Waals surface area contributed by atoms with Crippen molar-refractivity contribution in [1.29, 1.82) is 0 Å². The lowest BCUT2D eigenvalue weighted by Gasteiger charge is -2.23. The van der Waals surface area contributed by atoms with E-state index in [1.807, 2.05) is 0 Å². The second-order valence-electron chi connectivity index (χ2n) is 2.64. The number of rotatable bonds is 4.